The summed E-state index contributed by atoms with van der Waals surface area (Å²) < 4.78 is 46.4. The molecule has 0 spiro atoms. The highest BCUT2D eigenvalue weighted by Crippen LogP contribution is 2.40. The van der Waals surface area contributed by atoms with E-state index in [9.17, 15) is 13.2 Å². The highest BCUT2D eigenvalue weighted by Gasteiger charge is 2.26. The van der Waals surface area contributed by atoms with E-state index in [1.165, 1.54) is 0 Å². The van der Waals surface area contributed by atoms with Crippen LogP contribution in [0.15, 0.2) is 36.5 Å². The van der Waals surface area contributed by atoms with Gasteiger partial charge in [-0.25, -0.2) is 13.2 Å². The maximum absolute atomic E-state index is 14.0. The molecule has 112 valence electrons. The minimum atomic E-state index is -1.19. The molecule has 1 aliphatic heterocycles. The summed E-state index contributed by atoms with van der Waals surface area (Å²) in [5, 5.41) is 0.908. The van der Waals surface area contributed by atoms with Crippen LogP contribution in [0, 0.1) is 17.5 Å². The second-order valence-corrected chi connectivity index (χ2v) is 5.43. The number of halogens is 3. The Hall–Kier alpha value is -2.43. The number of fused-ring (bicyclic) bond motifs is 3. The van der Waals surface area contributed by atoms with Crippen molar-refractivity contribution in [2.24, 2.45) is 0 Å². The van der Waals surface area contributed by atoms with Crippen LogP contribution in [0.2, 0.25) is 0 Å². The molecule has 2 aromatic carbocycles. The van der Waals surface area contributed by atoms with Crippen LogP contribution in [0.5, 0.6) is 5.75 Å². The number of aromatic nitrogens is 1. The quantitative estimate of drug-likeness (QED) is 0.650. The molecule has 1 unspecified atom stereocenters. The summed E-state index contributed by atoms with van der Waals surface area (Å²) >= 11 is 0. The van der Waals surface area contributed by atoms with Crippen molar-refractivity contribution in [2.45, 2.75) is 18.9 Å². The molecule has 0 fully saturated rings. The molecule has 0 aliphatic carbocycles. The summed E-state index contributed by atoms with van der Waals surface area (Å²) in [6, 6.07) is 7.28. The van der Waals surface area contributed by atoms with Crippen molar-refractivity contribution < 1.29 is 17.9 Å². The Balaban J connectivity index is 1.78. The topological polar surface area (TPSA) is 25.0 Å². The van der Waals surface area contributed by atoms with Gasteiger partial charge in [-0.15, -0.1) is 0 Å². The molecule has 2 heterocycles. The van der Waals surface area contributed by atoms with E-state index in [-0.39, 0.29) is 5.56 Å². The molecule has 2 nitrogen and oxygen atoms in total. The number of ether oxygens (including phenoxy) is 1. The standard InChI is InChI=1S/C17H12F3NO/c18-12-8-14(20)13(19)7-11(12)16-4-2-9-1-3-15-10(5-6-21-15)17(9)22-16/h1,3,5-8,16,21H,2,4H2. The zero-order valence-electron chi connectivity index (χ0n) is 11.5. The predicted octanol–water partition coefficient (Wildman–Crippen LogP) is 4.65. The van der Waals surface area contributed by atoms with Crippen molar-refractivity contribution in [3.8, 4) is 5.75 Å². The summed E-state index contributed by atoms with van der Waals surface area (Å²) in [6.45, 7) is 0. The Bertz CT molecular complexity index is 872. The third-order valence-corrected chi connectivity index (χ3v) is 4.09. The lowest BCUT2D eigenvalue weighted by molar-refractivity contribution is 0.174. The van der Waals surface area contributed by atoms with Gasteiger partial charge in [0.15, 0.2) is 11.6 Å². The van der Waals surface area contributed by atoms with Crippen LogP contribution in [-0.4, -0.2) is 4.98 Å². The van der Waals surface area contributed by atoms with E-state index < -0.39 is 23.6 Å². The van der Waals surface area contributed by atoms with Crippen LogP contribution in [-0.2, 0) is 6.42 Å². The Morgan fingerprint density at radius 2 is 1.82 bits per heavy atom. The fraction of sp³-hybridized carbons (Fsp3) is 0.176. The fourth-order valence-corrected chi connectivity index (χ4v) is 2.98. The van der Waals surface area contributed by atoms with Crippen molar-refractivity contribution in [1.29, 1.82) is 0 Å². The molecular formula is C17H12F3NO. The molecule has 1 aromatic heterocycles. The summed E-state index contributed by atoms with van der Waals surface area (Å²) in [4.78, 5) is 3.09. The Morgan fingerprint density at radius 1 is 1.00 bits per heavy atom. The van der Waals surface area contributed by atoms with Gasteiger partial charge in [0, 0.05) is 28.7 Å². The molecule has 1 N–H and O–H groups in total. The molecule has 22 heavy (non-hydrogen) atoms. The van der Waals surface area contributed by atoms with Crippen molar-refractivity contribution in [1.82, 2.24) is 4.98 Å². The highest BCUT2D eigenvalue weighted by atomic mass is 19.2. The molecule has 0 saturated carbocycles. The van der Waals surface area contributed by atoms with E-state index >= 15 is 0 Å². The second-order valence-electron chi connectivity index (χ2n) is 5.43. The average molecular weight is 303 g/mol. The van der Waals surface area contributed by atoms with Crippen molar-refractivity contribution in [3.05, 3.63) is 65.1 Å². The monoisotopic (exact) mass is 303 g/mol. The lowest BCUT2D eigenvalue weighted by Gasteiger charge is -2.27. The fourth-order valence-electron chi connectivity index (χ4n) is 2.98. The van der Waals surface area contributed by atoms with Crippen molar-refractivity contribution >= 4 is 10.9 Å². The molecule has 5 heteroatoms. The van der Waals surface area contributed by atoms with E-state index in [2.05, 4.69) is 4.98 Å². The van der Waals surface area contributed by atoms with Gasteiger partial charge in [-0.1, -0.05) is 6.07 Å². The SMILES string of the molecule is Fc1cc(F)c(C2CCc3ccc4[nH]ccc4c3O2)cc1F. The van der Waals surface area contributed by atoms with E-state index in [1.54, 1.807) is 6.20 Å². The first-order chi connectivity index (χ1) is 10.6. The maximum atomic E-state index is 14.0. The summed E-state index contributed by atoms with van der Waals surface area (Å²) in [5.41, 5.74) is 2.01. The number of aryl methyl sites for hydroxylation is 1. The van der Waals surface area contributed by atoms with Gasteiger partial charge in [0.2, 0.25) is 0 Å². The molecule has 0 saturated heterocycles. The summed E-state index contributed by atoms with van der Waals surface area (Å²) in [6.07, 6.45) is 2.39. The number of H-pyrrole nitrogens is 1. The molecule has 0 radical (unpaired) electrons. The Labute approximate surface area is 124 Å². The van der Waals surface area contributed by atoms with Gasteiger partial charge in [-0.05, 0) is 36.6 Å². The van der Waals surface area contributed by atoms with Crippen molar-refractivity contribution in [2.75, 3.05) is 0 Å². The lowest BCUT2D eigenvalue weighted by atomic mass is 9.96. The third kappa shape index (κ3) is 1.96. The van der Waals surface area contributed by atoms with E-state index in [0.717, 1.165) is 22.5 Å². The van der Waals surface area contributed by atoms with Gasteiger partial charge < -0.3 is 9.72 Å². The largest absolute Gasteiger partial charge is 0.485 e. The van der Waals surface area contributed by atoms with E-state index in [1.807, 2.05) is 18.2 Å². The van der Waals surface area contributed by atoms with Gasteiger partial charge in [0.1, 0.15) is 17.7 Å². The predicted molar refractivity (Wildman–Crippen MR) is 76.3 cm³/mol. The number of rotatable bonds is 1. The number of aromatic amines is 1. The minimum Gasteiger partial charge on any atom is -0.485 e. The van der Waals surface area contributed by atoms with Gasteiger partial charge in [-0.2, -0.15) is 0 Å². The number of benzene rings is 2. The molecular weight excluding hydrogens is 291 g/mol. The van der Waals surface area contributed by atoms with E-state index in [0.29, 0.717) is 24.7 Å². The Morgan fingerprint density at radius 3 is 2.68 bits per heavy atom. The first-order valence-corrected chi connectivity index (χ1v) is 7.03. The maximum Gasteiger partial charge on any atom is 0.161 e. The van der Waals surface area contributed by atoms with Gasteiger partial charge in [0.05, 0.1) is 0 Å². The summed E-state index contributed by atoms with van der Waals surface area (Å²) in [5.74, 6) is -2.36. The normalized spacial score (nSPS) is 17.3. The lowest BCUT2D eigenvalue weighted by Crippen LogP contribution is -2.17. The van der Waals surface area contributed by atoms with E-state index in [4.69, 9.17) is 4.74 Å². The molecule has 0 bridgehead atoms. The minimum absolute atomic E-state index is 0.0529. The molecule has 1 aliphatic rings. The Kier molecular flexibility index (Phi) is 2.89. The molecule has 4 rings (SSSR count). The van der Waals surface area contributed by atoms with Crippen LogP contribution in [0.4, 0.5) is 13.2 Å². The number of hydrogen-bond donors (Lipinski definition) is 1. The van der Waals surface area contributed by atoms with Crippen LogP contribution in [0.3, 0.4) is 0 Å². The molecule has 1 atom stereocenters. The van der Waals surface area contributed by atoms with Gasteiger partial charge in [0.25, 0.3) is 0 Å². The van der Waals surface area contributed by atoms with Crippen LogP contribution < -0.4 is 4.74 Å². The smallest absolute Gasteiger partial charge is 0.161 e. The average Bonchev–Trinajstić information content (AvgIpc) is 2.99. The zero-order chi connectivity index (χ0) is 15.3. The summed E-state index contributed by atoms with van der Waals surface area (Å²) in [7, 11) is 0. The van der Waals surface area contributed by atoms with Crippen LogP contribution in [0.1, 0.15) is 23.7 Å². The van der Waals surface area contributed by atoms with Gasteiger partial charge in [-0.3, -0.25) is 0 Å². The molecule has 0 amide bonds. The number of hydrogen-bond acceptors (Lipinski definition) is 1. The first-order valence-electron chi connectivity index (χ1n) is 7.03. The highest BCUT2D eigenvalue weighted by molar-refractivity contribution is 5.87. The zero-order valence-corrected chi connectivity index (χ0v) is 11.5. The van der Waals surface area contributed by atoms with Gasteiger partial charge >= 0.3 is 0 Å². The second kappa shape index (κ2) is 4.80. The molecule has 3 aromatic rings. The third-order valence-electron chi connectivity index (χ3n) is 4.09. The number of nitrogens with one attached hydrogen (secondary N) is 1. The first kappa shape index (κ1) is 13.2. The van der Waals surface area contributed by atoms with Crippen LogP contribution >= 0.6 is 0 Å². The van der Waals surface area contributed by atoms with Crippen molar-refractivity contribution in [3.63, 3.8) is 0 Å². The van der Waals surface area contributed by atoms with Crippen LogP contribution in [0.25, 0.3) is 10.9 Å².